The topological polar surface area (TPSA) is 399 Å². The van der Waals surface area contributed by atoms with Crippen LogP contribution in [0.1, 0.15) is 103 Å². The zero-order valence-corrected chi connectivity index (χ0v) is 46.0. The van der Waals surface area contributed by atoms with E-state index in [2.05, 4.69) is 79.5 Å². The molecule has 0 radical (unpaired) electrons. The molecule has 1 aromatic carbocycles. The molecule has 6 aromatic heterocycles. The first kappa shape index (κ1) is 60.5. The van der Waals surface area contributed by atoms with Crippen molar-refractivity contribution in [3.8, 4) is 0 Å². The van der Waals surface area contributed by atoms with Crippen molar-refractivity contribution < 1.29 is 49.3 Å². The highest BCUT2D eigenvalue weighted by molar-refractivity contribution is 6.34. The summed E-state index contributed by atoms with van der Waals surface area (Å²) in [4.78, 5) is 49.8. The van der Waals surface area contributed by atoms with Crippen LogP contribution in [-0.2, 0) is 18.9 Å². The molecule has 3 saturated heterocycles. The Morgan fingerprint density at radius 3 is 1.53 bits per heavy atom. The molecule has 29 heteroatoms. The fraction of sp³-hybridized carbons (Fsp3) is 0.542. The van der Waals surface area contributed by atoms with Crippen molar-refractivity contribution in [1.29, 1.82) is 0 Å². The highest BCUT2D eigenvalue weighted by atomic mass is 35.5. The van der Waals surface area contributed by atoms with Crippen molar-refractivity contribution in [3.63, 3.8) is 0 Å². The molecule has 77 heavy (non-hydrogen) atoms. The van der Waals surface area contributed by atoms with Gasteiger partial charge in [-0.2, -0.15) is 29.9 Å². The number of halogens is 3. The summed E-state index contributed by atoms with van der Waals surface area (Å²) in [5.74, 6) is -0.181. The number of aromatic nitrogens is 12. The van der Waals surface area contributed by atoms with Gasteiger partial charge in [-0.15, -0.1) is 0 Å². The van der Waals surface area contributed by atoms with E-state index in [-0.39, 0.29) is 70.3 Å². The Kier molecular flexibility index (Phi) is 19.2. The normalized spacial score (nSPS) is 28.5. The molecule has 0 amide bonds. The van der Waals surface area contributed by atoms with Crippen molar-refractivity contribution in [3.05, 3.63) is 70.5 Å². The van der Waals surface area contributed by atoms with Crippen LogP contribution in [0, 0.1) is 16.2 Å². The SMILES string of the molecule is CC1(CO)C(CO)OC(n2cnc3c(N)nc(Cl)nc32)C1O.CCC1OC(n2cnc3c(Cl)nc(N)nc32)C(O)C1(C)CC.CCC1OC(n2cnc3c(Cl)nc(N)nc32)C(OC(=O)c2ccccc2)C1(C)CC.CO.N. The minimum Gasteiger partial charge on any atom is -0.453 e. The maximum absolute atomic E-state index is 12.9. The molecule has 9 heterocycles. The van der Waals surface area contributed by atoms with E-state index in [1.165, 1.54) is 10.9 Å². The number of carbonyl (C=O) groups is 1. The fourth-order valence-corrected chi connectivity index (χ4v) is 10.6. The number of hydrogen-bond donors (Lipinski definition) is 9. The zero-order chi connectivity index (χ0) is 55.6. The van der Waals surface area contributed by atoms with Crippen LogP contribution in [0.4, 0.5) is 17.7 Å². The van der Waals surface area contributed by atoms with Crippen LogP contribution in [0.2, 0.25) is 15.6 Å². The minimum atomic E-state index is -1.08. The molecule has 3 fully saturated rings. The number of ether oxygens (including phenoxy) is 4. The molecule has 420 valence electrons. The number of imidazole rings is 3. The van der Waals surface area contributed by atoms with Crippen LogP contribution in [0.15, 0.2) is 49.3 Å². The van der Waals surface area contributed by atoms with E-state index in [9.17, 15) is 25.2 Å². The van der Waals surface area contributed by atoms with Gasteiger partial charge in [0.05, 0.1) is 56.1 Å². The molecule has 0 saturated carbocycles. The van der Waals surface area contributed by atoms with Crippen LogP contribution < -0.4 is 23.4 Å². The summed E-state index contributed by atoms with van der Waals surface area (Å²) < 4.78 is 29.1. The third kappa shape index (κ3) is 11.0. The number of hydrogen-bond acceptors (Lipinski definition) is 23. The minimum absolute atomic E-state index is 0. The van der Waals surface area contributed by atoms with Gasteiger partial charge >= 0.3 is 5.97 Å². The number of nitrogens with two attached hydrogens (primary N) is 3. The molecule has 0 bridgehead atoms. The van der Waals surface area contributed by atoms with Gasteiger partial charge in [0, 0.05) is 23.4 Å². The maximum atomic E-state index is 12.9. The van der Waals surface area contributed by atoms with Crippen molar-refractivity contribution in [2.45, 2.75) is 129 Å². The van der Waals surface area contributed by atoms with E-state index in [4.69, 9.17) is 76.1 Å². The van der Waals surface area contributed by atoms with Crippen LogP contribution in [0.25, 0.3) is 33.5 Å². The van der Waals surface area contributed by atoms with E-state index in [1.807, 2.05) is 13.0 Å². The highest BCUT2D eigenvalue weighted by Crippen LogP contribution is 2.51. The van der Waals surface area contributed by atoms with E-state index in [0.29, 0.717) is 39.1 Å². The van der Waals surface area contributed by atoms with Gasteiger partial charge in [0.1, 0.15) is 28.8 Å². The summed E-state index contributed by atoms with van der Waals surface area (Å²) in [5, 5.41) is 47.6. The number of rotatable bonds is 11. The van der Waals surface area contributed by atoms with Crippen molar-refractivity contribution in [1.82, 2.24) is 64.7 Å². The first-order valence-corrected chi connectivity index (χ1v) is 25.6. The average molecular weight is 1130 g/mol. The lowest BCUT2D eigenvalue weighted by Crippen LogP contribution is -2.42. The molecule has 14 N–H and O–H groups in total. The first-order valence-electron chi connectivity index (χ1n) is 24.4. The van der Waals surface area contributed by atoms with Crippen molar-refractivity contribution in [2.75, 3.05) is 37.5 Å². The Labute approximate surface area is 457 Å². The number of aliphatic hydroxyl groups excluding tert-OH is 5. The van der Waals surface area contributed by atoms with Gasteiger partial charge in [0.25, 0.3) is 0 Å². The van der Waals surface area contributed by atoms with Gasteiger partial charge in [0.2, 0.25) is 17.2 Å². The van der Waals surface area contributed by atoms with Crippen LogP contribution in [0.3, 0.4) is 0 Å². The Hall–Kier alpha value is -5.75. The highest BCUT2D eigenvalue weighted by Gasteiger charge is 2.56. The van der Waals surface area contributed by atoms with Gasteiger partial charge < -0.3 is 67.8 Å². The molecule has 3 aliphatic rings. The van der Waals surface area contributed by atoms with E-state index in [1.54, 1.807) is 53.0 Å². The molecule has 3 aliphatic heterocycles. The summed E-state index contributed by atoms with van der Waals surface area (Å²) in [7, 11) is 1.00. The summed E-state index contributed by atoms with van der Waals surface area (Å²) in [6, 6.07) is 8.92. The third-order valence-electron chi connectivity index (χ3n) is 15.0. The summed E-state index contributed by atoms with van der Waals surface area (Å²) in [6.45, 7) is 13.3. The van der Waals surface area contributed by atoms with Crippen molar-refractivity contribution in [2.24, 2.45) is 16.2 Å². The lowest BCUT2D eigenvalue weighted by atomic mass is 9.77. The Morgan fingerprint density at radius 1 is 0.636 bits per heavy atom. The van der Waals surface area contributed by atoms with Crippen LogP contribution in [0.5, 0.6) is 0 Å². The van der Waals surface area contributed by atoms with Gasteiger partial charge in [-0.05, 0) is 49.4 Å². The Balaban J connectivity index is 0.000000186. The maximum Gasteiger partial charge on any atom is 0.338 e. The predicted molar refractivity (Wildman–Crippen MR) is 286 cm³/mol. The standard InChI is InChI=1S/C21H24ClN5O3.C14H20ClN5O2.C12H16ClN5O4.CH4O.H3N/c1-4-13-21(3,5-2)15(30-19(28)12-9-7-6-8-10-12)18(29-13)27-11-24-14-16(22)25-20(23)26-17(14)27;1-4-7-14(3,5-2)9(21)12(22-7)20-6-17-8-10(15)18-13(16)19-11(8)20;1-12(3-20)5(2-19)22-10(7(12)21)18-4-15-6-8(14)16-11(13)17-9(6)18;1-2;/h6-11,13,15,18H,4-5H2,1-3H3,(H2,23,25,26);6-7,9,12,21H,4-5H2,1-3H3,(H2,16,18,19);4-5,7,10,19-21H,2-3H2,1H3,(H2,14,16,17);2H,1H3;1H3. The van der Waals surface area contributed by atoms with Gasteiger partial charge in [0.15, 0.2) is 57.9 Å². The average Bonchev–Trinajstić information content (AvgIpc) is 4.34. The molecule has 10 rings (SSSR count). The predicted octanol–water partition coefficient (Wildman–Crippen LogP) is 5.24. The number of fused-ring (bicyclic) bond motifs is 3. The molecular weight excluding hydrogens is 1070 g/mol. The quantitative estimate of drug-likeness (QED) is 0.0454. The second-order valence-electron chi connectivity index (χ2n) is 19.1. The number of aliphatic hydroxyl groups is 5. The third-order valence-corrected chi connectivity index (χ3v) is 15.7. The molecule has 26 nitrogen and oxygen atoms in total. The second kappa shape index (κ2) is 24.5. The summed E-state index contributed by atoms with van der Waals surface area (Å²) in [5.41, 5.74) is 18.4. The zero-order valence-electron chi connectivity index (χ0n) is 43.8. The lowest BCUT2D eigenvalue weighted by Gasteiger charge is -2.33. The smallest absolute Gasteiger partial charge is 0.338 e. The van der Waals surface area contributed by atoms with Crippen molar-refractivity contribution >= 4 is 92.0 Å². The van der Waals surface area contributed by atoms with Crippen LogP contribution in [-0.4, -0.2) is 147 Å². The monoisotopic (exact) mass is 1130 g/mol. The van der Waals surface area contributed by atoms with Gasteiger partial charge in [-0.25, -0.2) is 19.7 Å². The number of nitrogens with zero attached hydrogens (tertiary/aromatic N) is 12. The van der Waals surface area contributed by atoms with E-state index in [0.717, 1.165) is 32.8 Å². The summed E-state index contributed by atoms with van der Waals surface area (Å²) >= 11 is 18.0. The number of anilines is 3. The molecular formula is C48H67Cl3N16O10. The Morgan fingerprint density at radius 2 is 1.08 bits per heavy atom. The van der Waals surface area contributed by atoms with Gasteiger partial charge in [-0.1, -0.05) is 89.9 Å². The molecule has 0 aliphatic carbocycles. The van der Waals surface area contributed by atoms with E-state index < -0.39 is 59.9 Å². The first-order chi connectivity index (χ1) is 36.2. The number of esters is 1. The van der Waals surface area contributed by atoms with Crippen LogP contribution >= 0.6 is 34.8 Å². The molecule has 7 aromatic rings. The molecule has 12 unspecified atom stereocenters. The molecule has 12 atom stereocenters. The number of nitrogen functional groups attached to an aromatic ring is 3. The fourth-order valence-electron chi connectivity index (χ4n) is 10.0. The van der Waals surface area contributed by atoms with Gasteiger partial charge in [-0.3, -0.25) is 13.7 Å². The lowest BCUT2D eigenvalue weighted by molar-refractivity contribution is -0.0539. The Bertz CT molecular complexity index is 3020. The number of benzene rings is 1. The second-order valence-corrected chi connectivity index (χ2v) is 20.2. The molecule has 0 spiro atoms. The largest absolute Gasteiger partial charge is 0.453 e. The van der Waals surface area contributed by atoms with E-state index >= 15 is 0 Å². The summed E-state index contributed by atoms with van der Waals surface area (Å²) in [6.07, 6.45) is 2.43. The number of carbonyl (C=O) groups excluding carboxylic acids is 1.